The zero-order chi connectivity index (χ0) is 17.3. The number of carbonyl (C=O) groups is 1. The Kier molecular flexibility index (Phi) is 5.30. The SMILES string of the molecule is CC1CC(C)CN(CC(C)NC(=O)c2[nH]c3ccccc3c2Br)C1. The van der Waals surface area contributed by atoms with Crippen LogP contribution in [-0.2, 0) is 0 Å². The third-order valence-corrected chi connectivity index (χ3v) is 5.55. The van der Waals surface area contributed by atoms with E-state index >= 15 is 0 Å². The van der Waals surface area contributed by atoms with Crippen molar-refractivity contribution in [2.75, 3.05) is 19.6 Å². The summed E-state index contributed by atoms with van der Waals surface area (Å²) in [5.41, 5.74) is 1.57. The molecule has 1 aromatic heterocycles. The normalized spacial score (nSPS) is 23.3. The number of aromatic amines is 1. The number of nitrogens with one attached hydrogen (secondary N) is 2. The first-order chi connectivity index (χ1) is 11.4. The Labute approximate surface area is 152 Å². The maximum atomic E-state index is 12.6. The predicted molar refractivity (Wildman–Crippen MR) is 102 cm³/mol. The van der Waals surface area contributed by atoms with Crippen LogP contribution in [0.1, 0.15) is 37.7 Å². The Hall–Kier alpha value is -1.33. The van der Waals surface area contributed by atoms with E-state index in [1.165, 1.54) is 6.42 Å². The smallest absolute Gasteiger partial charge is 0.269 e. The van der Waals surface area contributed by atoms with Crippen LogP contribution in [0.3, 0.4) is 0 Å². The van der Waals surface area contributed by atoms with Crippen molar-refractivity contribution >= 4 is 32.7 Å². The van der Waals surface area contributed by atoms with Crippen LogP contribution in [0.25, 0.3) is 10.9 Å². The van der Waals surface area contributed by atoms with Crippen LogP contribution in [0.5, 0.6) is 0 Å². The molecule has 2 heterocycles. The lowest BCUT2D eigenvalue weighted by molar-refractivity contribution is 0.0900. The fourth-order valence-corrected chi connectivity index (χ4v) is 4.56. The second-order valence-electron chi connectivity index (χ2n) is 7.40. The van der Waals surface area contributed by atoms with Gasteiger partial charge in [-0.15, -0.1) is 0 Å². The first-order valence-corrected chi connectivity index (χ1v) is 9.52. The lowest BCUT2D eigenvalue weighted by Crippen LogP contribution is -2.47. The Balaban J connectivity index is 1.64. The van der Waals surface area contributed by atoms with Crippen LogP contribution in [0.4, 0.5) is 0 Å². The highest BCUT2D eigenvalue weighted by Crippen LogP contribution is 2.27. The minimum absolute atomic E-state index is 0.0521. The number of H-pyrrole nitrogens is 1. The summed E-state index contributed by atoms with van der Waals surface area (Å²) in [7, 11) is 0. The van der Waals surface area contributed by atoms with Gasteiger partial charge in [-0.2, -0.15) is 0 Å². The molecule has 2 aromatic rings. The number of hydrogen-bond donors (Lipinski definition) is 2. The van der Waals surface area contributed by atoms with E-state index < -0.39 is 0 Å². The van der Waals surface area contributed by atoms with E-state index in [1.54, 1.807) is 0 Å². The monoisotopic (exact) mass is 391 g/mol. The average Bonchev–Trinajstić information content (AvgIpc) is 2.84. The molecule has 3 atom stereocenters. The molecule has 2 N–H and O–H groups in total. The van der Waals surface area contributed by atoms with Gasteiger partial charge in [0, 0.05) is 36.6 Å². The minimum atomic E-state index is -0.0521. The maximum absolute atomic E-state index is 12.6. The molecule has 130 valence electrons. The van der Waals surface area contributed by atoms with Gasteiger partial charge in [0.05, 0.1) is 4.47 Å². The van der Waals surface area contributed by atoms with Crippen molar-refractivity contribution in [3.63, 3.8) is 0 Å². The molecule has 3 unspecified atom stereocenters. The molecule has 0 saturated carbocycles. The van der Waals surface area contributed by atoms with Gasteiger partial charge in [0.1, 0.15) is 5.69 Å². The maximum Gasteiger partial charge on any atom is 0.269 e. The molecule has 4 nitrogen and oxygen atoms in total. The van der Waals surface area contributed by atoms with Gasteiger partial charge in [0.2, 0.25) is 0 Å². The number of fused-ring (bicyclic) bond motifs is 1. The molecule has 1 aromatic carbocycles. The zero-order valence-corrected chi connectivity index (χ0v) is 16.2. The van der Waals surface area contributed by atoms with Crippen LogP contribution in [0, 0.1) is 11.8 Å². The van der Waals surface area contributed by atoms with Crippen molar-refractivity contribution in [1.82, 2.24) is 15.2 Å². The highest BCUT2D eigenvalue weighted by Gasteiger charge is 2.24. The van der Waals surface area contributed by atoms with Crippen molar-refractivity contribution in [2.24, 2.45) is 11.8 Å². The number of amides is 1. The highest BCUT2D eigenvalue weighted by molar-refractivity contribution is 9.10. The molecule has 1 aliphatic heterocycles. The van der Waals surface area contributed by atoms with E-state index in [2.05, 4.69) is 51.9 Å². The topological polar surface area (TPSA) is 48.1 Å². The van der Waals surface area contributed by atoms with Gasteiger partial charge in [-0.3, -0.25) is 4.79 Å². The fraction of sp³-hybridized carbons (Fsp3) is 0.526. The number of halogens is 1. The van der Waals surface area contributed by atoms with E-state index in [-0.39, 0.29) is 11.9 Å². The molecular weight excluding hydrogens is 366 g/mol. The van der Waals surface area contributed by atoms with E-state index in [0.717, 1.165) is 46.8 Å². The van der Waals surface area contributed by atoms with Crippen molar-refractivity contribution in [1.29, 1.82) is 0 Å². The molecule has 1 aliphatic rings. The van der Waals surface area contributed by atoms with Crippen molar-refractivity contribution < 1.29 is 4.79 Å². The molecule has 1 fully saturated rings. The lowest BCUT2D eigenvalue weighted by atomic mass is 9.92. The number of para-hydroxylation sites is 1. The van der Waals surface area contributed by atoms with Gasteiger partial charge in [-0.1, -0.05) is 32.0 Å². The Morgan fingerprint density at radius 3 is 2.67 bits per heavy atom. The Morgan fingerprint density at radius 1 is 1.33 bits per heavy atom. The van der Waals surface area contributed by atoms with Crippen molar-refractivity contribution in [3.05, 3.63) is 34.4 Å². The quantitative estimate of drug-likeness (QED) is 0.826. The summed E-state index contributed by atoms with van der Waals surface area (Å²) in [5, 5.41) is 4.17. The first kappa shape index (κ1) is 17.5. The number of piperidine rings is 1. The number of hydrogen-bond acceptors (Lipinski definition) is 2. The number of rotatable bonds is 4. The summed E-state index contributed by atoms with van der Waals surface area (Å²) < 4.78 is 0.836. The van der Waals surface area contributed by atoms with Crippen LogP contribution in [0.2, 0.25) is 0 Å². The molecule has 0 aliphatic carbocycles. The Bertz CT molecular complexity index is 716. The number of benzene rings is 1. The largest absolute Gasteiger partial charge is 0.350 e. The molecule has 1 amide bonds. The summed E-state index contributed by atoms with van der Waals surface area (Å²) in [6.45, 7) is 9.86. The van der Waals surface area contributed by atoms with Crippen LogP contribution in [-0.4, -0.2) is 41.5 Å². The second-order valence-corrected chi connectivity index (χ2v) is 8.19. The van der Waals surface area contributed by atoms with Gasteiger partial charge in [0.15, 0.2) is 0 Å². The molecule has 0 spiro atoms. The number of carbonyl (C=O) groups excluding carboxylic acids is 1. The van der Waals surface area contributed by atoms with Crippen LogP contribution < -0.4 is 5.32 Å². The molecule has 0 bridgehead atoms. The highest BCUT2D eigenvalue weighted by atomic mass is 79.9. The van der Waals surface area contributed by atoms with E-state index in [9.17, 15) is 4.79 Å². The molecule has 1 saturated heterocycles. The Morgan fingerprint density at radius 2 is 2.00 bits per heavy atom. The summed E-state index contributed by atoms with van der Waals surface area (Å²) in [6, 6.07) is 8.05. The average molecular weight is 392 g/mol. The van der Waals surface area contributed by atoms with Gasteiger partial charge >= 0.3 is 0 Å². The molecule has 0 radical (unpaired) electrons. The van der Waals surface area contributed by atoms with Crippen LogP contribution in [0.15, 0.2) is 28.7 Å². The molecular formula is C19H26BrN3O. The standard InChI is InChI=1S/C19H26BrN3O/c1-12-8-13(2)10-23(9-12)11-14(3)21-19(24)18-17(20)15-6-4-5-7-16(15)22-18/h4-7,12-14,22H,8-11H2,1-3H3,(H,21,24). The van der Waals surface area contributed by atoms with Gasteiger partial charge in [-0.05, 0) is 47.2 Å². The molecule has 24 heavy (non-hydrogen) atoms. The van der Waals surface area contributed by atoms with Crippen LogP contribution >= 0.6 is 15.9 Å². The molecule has 3 rings (SSSR count). The summed E-state index contributed by atoms with van der Waals surface area (Å²) in [6.07, 6.45) is 1.30. The third kappa shape index (κ3) is 3.83. The summed E-state index contributed by atoms with van der Waals surface area (Å²) >= 11 is 3.55. The zero-order valence-electron chi connectivity index (χ0n) is 14.6. The molecule has 5 heteroatoms. The minimum Gasteiger partial charge on any atom is -0.350 e. The van der Waals surface area contributed by atoms with Crippen molar-refractivity contribution in [3.8, 4) is 0 Å². The lowest BCUT2D eigenvalue weighted by Gasteiger charge is -2.36. The number of aromatic nitrogens is 1. The fourth-order valence-electron chi connectivity index (χ4n) is 3.93. The summed E-state index contributed by atoms with van der Waals surface area (Å²) in [5.74, 6) is 1.42. The third-order valence-electron chi connectivity index (χ3n) is 4.72. The number of likely N-dealkylation sites (tertiary alicyclic amines) is 1. The van der Waals surface area contributed by atoms with Gasteiger partial charge < -0.3 is 15.2 Å². The predicted octanol–water partition coefficient (Wildman–Crippen LogP) is 4.03. The van der Waals surface area contributed by atoms with E-state index in [4.69, 9.17) is 0 Å². The van der Waals surface area contributed by atoms with Crippen molar-refractivity contribution in [2.45, 2.75) is 33.2 Å². The van der Waals surface area contributed by atoms with Gasteiger partial charge in [0.25, 0.3) is 5.91 Å². The summed E-state index contributed by atoms with van der Waals surface area (Å²) in [4.78, 5) is 18.3. The van der Waals surface area contributed by atoms with E-state index in [1.807, 2.05) is 24.3 Å². The number of nitrogens with zero attached hydrogens (tertiary/aromatic N) is 1. The van der Waals surface area contributed by atoms with E-state index in [0.29, 0.717) is 5.69 Å². The van der Waals surface area contributed by atoms with Gasteiger partial charge in [-0.25, -0.2) is 0 Å². The second kappa shape index (κ2) is 7.28. The first-order valence-electron chi connectivity index (χ1n) is 8.73.